The maximum Gasteiger partial charge on any atom is 0 e. The molecule has 95 valence electrons. The molecule has 1 aromatic rings. The van der Waals surface area contributed by atoms with E-state index in [1.165, 1.54) is 24.3 Å². The average molecular weight is 384 g/mol. The van der Waals surface area contributed by atoms with E-state index in [2.05, 4.69) is 51.1 Å². The Morgan fingerprint density at radius 1 is 1.13 bits per heavy atom. The summed E-state index contributed by atoms with van der Waals surface area (Å²) in [6.45, 7) is 8.06. The molecule has 0 N–H and O–H groups in total. The van der Waals surface area contributed by atoms with Gasteiger partial charge in [0.1, 0.15) is 0 Å². The third-order valence-corrected chi connectivity index (χ3v) is 2.85. The molecule has 1 atom stereocenters. The van der Waals surface area contributed by atoms with Crippen LogP contribution in [0, 0.1) is 43.8 Å². The molecule has 0 saturated heterocycles. The number of benzene rings is 1. The smallest absolute Gasteiger partial charge is 0 e. The number of hydrogen-bond donors (Lipinski definition) is 0. The molecule has 0 aromatic heterocycles. The molecule has 0 fully saturated rings. The molecular weight excluding hydrogens is 362 g/mol. The van der Waals surface area contributed by atoms with Crippen LogP contribution in [0.4, 0.5) is 0 Å². The Morgan fingerprint density at radius 2 is 1.73 bits per heavy atom. The van der Waals surface area contributed by atoms with Gasteiger partial charge in [-0.15, -0.1) is 0 Å². The summed E-state index contributed by atoms with van der Waals surface area (Å²) in [5.41, 5.74) is 0. The first-order valence-electron chi connectivity index (χ1n) is 5.43. The first kappa shape index (κ1) is 18.3. The molecule has 15 heavy (non-hydrogen) atoms. The van der Waals surface area contributed by atoms with Crippen LogP contribution in [0.5, 0.6) is 0 Å². The molecule has 1 radical (unpaired) electrons. The first-order valence-corrected chi connectivity index (χ1v) is 6.64. The van der Waals surface area contributed by atoms with Gasteiger partial charge in [0.05, 0.1) is 0 Å². The molecule has 1 aromatic carbocycles. The zero-order chi connectivity index (χ0) is 10.6. The topological polar surface area (TPSA) is 0 Å². The van der Waals surface area contributed by atoms with Crippen LogP contribution in [-0.4, -0.2) is 6.16 Å². The molecule has 0 amide bonds. The van der Waals surface area contributed by atoms with E-state index in [0.29, 0.717) is 0 Å². The van der Waals surface area contributed by atoms with Crippen LogP contribution in [-0.2, 0) is 0 Å². The Kier molecular flexibility index (Phi) is 18.1. The second-order valence-electron chi connectivity index (χ2n) is 3.10. The minimum absolute atomic E-state index is 0. The van der Waals surface area contributed by atoms with Gasteiger partial charge >= 0.3 is 0 Å². The van der Waals surface area contributed by atoms with Gasteiger partial charge in [0.2, 0.25) is 0 Å². The van der Waals surface area contributed by atoms with Crippen molar-refractivity contribution in [1.29, 1.82) is 0 Å². The summed E-state index contributed by atoms with van der Waals surface area (Å²) in [4.78, 5) is 0. The zero-order valence-electron chi connectivity index (χ0n) is 9.68. The molecule has 0 aliphatic heterocycles. The van der Waals surface area contributed by atoms with Crippen molar-refractivity contribution in [3.05, 3.63) is 37.3 Å². The molecule has 0 heterocycles. The molecule has 0 aliphatic carbocycles. The van der Waals surface area contributed by atoms with Gasteiger partial charge in [-0.05, 0) is 11.5 Å². The summed E-state index contributed by atoms with van der Waals surface area (Å²) in [7, 11) is 0.987. The van der Waals surface area contributed by atoms with Crippen molar-refractivity contribution in [3.63, 3.8) is 0 Å². The zero-order valence-corrected chi connectivity index (χ0v) is 12.3. The summed E-state index contributed by atoms with van der Waals surface area (Å²) < 4.78 is 0. The standard InChI is InChI=1S/C8H11P.C5H11.Lu/c1-2-9-8-6-4-3-5-7-8;1-3-5-4-2;/h3-7,9H,2H2,1H3;1,3-5H2,2H3;/q;-1;. The van der Waals surface area contributed by atoms with Crippen LogP contribution in [0.3, 0.4) is 0 Å². The quantitative estimate of drug-likeness (QED) is 0.544. The summed E-state index contributed by atoms with van der Waals surface area (Å²) in [5.74, 6) is 0. The summed E-state index contributed by atoms with van der Waals surface area (Å²) in [5, 5.41) is 1.47. The third-order valence-electron chi connectivity index (χ3n) is 1.76. The van der Waals surface area contributed by atoms with Crippen LogP contribution in [0.1, 0.15) is 33.1 Å². The average Bonchev–Trinajstić information content (AvgIpc) is 2.22. The van der Waals surface area contributed by atoms with Gasteiger partial charge in [0.15, 0.2) is 0 Å². The molecule has 2 heteroatoms. The van der Waals surface area contributed by atoms with Crippen molar-refractivity contribution in [3.8, 4) is 0 Å². The Morgan fingerprint density at radius 3 is 2.07 bits per heavy atom. The van der Waals surface area contributed by atoms with Crippen LogP contribution < -0.4 is 5.30 Å². The molecule has 0 bridgehead atoms. The number of rotatable bonds is 4. The Balaban J connectivity index is 0. The molecule has 0 nitrogen and oxygen atoms in total. The van der Waals surface area contributed by atoms with Crippen molar-refractivity contribution in [2.45, 2.75) is 33.1 Å². The van der Waals surface area contributed by atoms with E-state index in [1.54, 1.807) is 0 Å². The van der Waals surface area contributed by atoms with E-state index in [4.69, 9.17) is 0 Å². The van der Waals surface area contributed by atoms with E-state index in [1.807, 2.05) is 0 Å². The SMILES string of the molecule is CCPc1ccccc1.[CH2-]CCCC.[Lu]. The third kappa shape index (κ3) is 12.8. The minimum Gasteiger partial charge on any atom is -0.343 e. The van der Waals surface area contributed by atoms with Gasteiger partial charge in [-0.3, -0.25) is 0 Å². The van der Waals surface area contributed by atoms with Gasteiger partial charge in [0.25, 0.3) is 0 Å². The minimum atomic E-state index is 0. The van der Waals surface area contributed by atoms with Gasteiger partial charge in [0, 0.05) is 36.9 Å². The second kappa shape index (κ2) is 14.9. The van der Waals surface area contributed by atoms with Gasteiger partial charge in [-0.2, -0.15) is 6.42 Å². The predicted molar refractivity (Wildman–Crippen MR) is 69.8 cm³/mol. The van der Waals surface area contributed by atoms with Crippen molar-refractivity contribution in [2.75, 3.05) is 6.16 Å². The second-order valence-corrected chi connectivity index (χ2v) is 4.74. The fourth-order valence-electron chi connectivity index (χ4n) is 1.01. The van der Waals surface area contributed by atoms with Crippen molar-refractivity contribution in [1.82, 2.24) is 0 Å². The summed E-state index contributed by atoms with van der Waals surface area (Å²) in [6, 6.07) is 10.6. The van der Waals surface area contributed by atoms with Gasteiger partial charge in [-0.25, -0.2) is 0 Å². The summed E-state index contributed by atoms with van der Waals surface area (Å²) >= 11 is 0. The van der Waals surface area contributed by atoms with E-state index in [9.17, 15) is 0 Å². The van der Waals surface area contributed by atoms with Crippen molar-refractivity contribution < 1.29 is 36.9 Å². The van der Waals surface area contributed by atoms with E-state index in [0.717, 1.165) is 15.0 Å². The molecule has 1 unspecified atom stereocenters. The fraction of sp³-hybridized carbons (Fsp3) is 0.462. The Bertz CT molecular complexity index is 197. The van der Waals surface area contributed by atoms with Crippen molar-refractivity contribution in [2.24, 2.45) is 0 Å². The van der Waals surface area contributed by atoms with Crippen LogP contribution in [0.15, 0.2) is 30.3 Å². The van der Waals surface area contributed by atoms with Crippen LogP contribution in [0.25, 0.3) is 0 Å². The van der Waals surface area contributed by atoms with E-state index in [-0.39, 0.29) is 36.9 Å². The van der Waals surface area contributed by atoms with E-state index >= 15 is 0 Å². The van der Waals surface area contributed by atoms with Gasteiger partial charge < -0.3 is 6.92 Å². The van der Waals surface area contributed by atoms with Gasteiger partial charge in [-0.1, -0.05) is 65.6 Å². The van der Waals surface area contributed by atoms with Crippen molar-refractivity contribution >= 4 is 13.9 Å². The number of hydrogen-bond acceptors (Lipinski definition) is 0. The maximum absolute atomic E-state index is 3.68. The monoisotopic (exact) mass is 384 g/mol. The molecule has 0 saturated carbocycles. The van der Waals surface area contributed by atoms with E-state index < -0.39 is 0 Å². The maximum atomic E-state index is 3.68. The first-order chi connectivity index (χ1) is 6.85. The largest absolute Gasteiger partial charge is 0.343 e. The summed E-state index contributed by atoms with van der Waals surface area (Å²) in [6.07, 6.45) is 4.92. The fourth-order valence-corrected chi connectivity index (χ4v) is 1.85. The molecular formula is C13H22LuP-. The van der Waals surface area contributed by atoms with Crippen LogP contribution in [0.2, 0.25) is 0 Å². The normalized spacial score (nSPS) is 9.27. The Hall–Kier alpha value is 0.884. The van der Waals surface area contributed by atoms with Crippen LogP contribution >= 0.6 is 8.58 Å². The molecule has 1 rings (SSSR count). The number of unbranched alkanes of at least 4 members (excludes halogenated alkanes) is 2. The molecule has 0 aliphatic rings. The Labute approximate surface area is 126 Å². The predicted octanol–water partition coefficient (Wildman–Crippen LogP) is 4.02. The molecule has 0 spiro atoms.